The monoisotopic (exact) mass is 482 g/mol. The molecule has 31 heavy (non-hydrogen) atoms. The summed E-state index contributed by atoms with van der Waals surface area (Å²) in [6.45, 7) is -0.601. The molecule has 1 unspecified atom stereocenters. The number of thioether (sulfide) groups is 1. The second-order valence-electron chi connectivity index (χ2n) is 6.11. The van der Waals surface area contributed by atoms with Crippen LogP contribution in [0.4, 0.5) is 13.2 Å². The molecule has 15 heteroatoms. The number of benzene rings is 1. The molecule has 168 valence electrons. The maximum atomic E-state index is 12.8. The molecule has 0 spiro atoms. The highest BCUT2D eigenvalue weighted by Gasteiger charge is 2.54. The van der Waals surface area contributed by atoms with Gasteiger partial charge in [0.25, 0.3) is 5.91 Å². The summed E-state index contributed by atoms with van der Waals surface area (Å²) in [5.74, 6) is -4.48. The summed E-state index contributed by atoms with van der Waals surface area (Å²) in [5, 5.41) is 9.11. The number of carbonyl (C=O) groups is 3. The lowest BCUT2D eigenvalue weighted by atomic mass is 10.1. The number of halogens is 3. The van der Waals surface area contributed by atoms with Crippen LogP contribution in [0.3, 0.4) is 0 Å². The van der Waals surface area contributed by atoms with Crippen LogP contribution >= 0.6 is 11.8 Å². The standard InChI is InChI=1S/C16H13F3N2O8S2/c17-16(18,19)31(26,27)29-13-12(15(24)25)21-10(23)6-11(21)30-14(13)20-9(22)7-28-8-4-2-1-3-5-8/h1-5,11,14H,6-7H2,(H,20,22)(H,24,25)/t11-,14?/m1/s1. The first-order valence-corrected chi connectivity index (χ1v) is 10.7. The van der Waals surface area contributed by atoms with Crippen molar-refractivity contribution in [1.29, 1.82) is 0 Å². The van der Waals surface area contributed by atoms with Gasteiger partial charge in [-0.15, -0.1) is 11.8 Å². The minimum atomic E-state index is -6.28. The lowest BCUT2D eigenvalue weighted by Gasteiger charge is -2.45. The number of carboxylic acid groups (broad SMARTS) is 1. The topological polar surface area (TPSA) is 139 Å². The number of hydrogen-bond acceptors (Lipinski definition) is 8. The first kappa shape index (κ1) is 22.7. The van der Waals surface area contributed by atoms with E-state index in [-0.39, 0.29) is 6.42 Å². The molecule has 1 aromatic carbocycles. The van der Waals surface area contributed by atoms with Gasteiger partial charge in [-0.05, 0) is 12.1 Å². The van der Waals surface area contributed by atoms with Crippen LogP contribution in [0.1, 0.15) is 6.42 Å². The number of para-hydroxylation sites is 1. The van der Waals surface area contributed by atoms with Gasteiger partial charge in [0.1, 0.15) is 11.1 Å². The molecule has 3 rings (SSSR count). The first-order chi connectivity index (χ1) is 14.4. The molecule has 0 saturated carbocycles. The number of nitrogens with zero attached hydrogens (tertiary/aromatic N) is 1. The Morgan fingerprint density at radius 3 is 2.45 bits per heavy atom. The highest BCUT2D eigenvalue weighted by molar-refractivity contribution is 8.00. The summed E-state index contributed by atoms with van der Waals surface area (Å²) < 4.78 is 70.7. The molecule has 0 aromatic heterocycles. The lowest BCUT2D eigenvalue weighted by molar-refractivity contribution is -0.146. The summed E-state index contributed by atoms with van der Waals surface area (Å²) in [6.07, 6.45) is -0.159. The normalized spacial score (nSPS) is 21.1. The largest absolute Gasteiger partial charge is 0.534 e. The number of carbonyl (C=O) groups excluding carboxylic acids is 2. The maximum absolute atomic E-state index is 12.8. The first-order valence-electron chi connectivity index (χ1n) is 8.33. The number of ether oxygens (including phenoxy) is 1. The van der Waals surface area contributed by atoms with Gasteiger partial charge in [-0.1, -0.05) is 18.2 Å². The number of carboxylic acids is 1. The molecule has 2 heterocycles. The van der Waals surface area contributed by atoms with E-state index < -0.39 is 62.2 Å². The molecule has 10 nitrogen and oxygen atoms in total. The van der Waals surface area contributed by atoms with Crippen LogP contribution in [-0.2, 0) is 28.7 Å². The Bertz CT molecular complexity index is 1040. The van der Waals surface area contributed by atoms with E-state index in [1.165, 1.54) is 12.1 Å². The highest BCUT2D eigenvalue weighted by Crippen LogP contribution is 2.44. The van der Waals surface area contributed by atoms with Crippen LogP contribution in [0.2, 0.25) is 0 Å². The molecular weight excluding hydrogens is 469 g/mol. The van der Waals surface area contributed by atoms with E-state index >= 15 is 0 Å². The molecule has 1 saturated heterocycles. The predicted octanol–water partition coefficient (Wildman–Crippen LogP) is 0.975. The summed E-state index contributed by atoms with van der Waals surface area (Å²) in [4.78, 5) is 36.2. The number of nitrogens with one attached hydrogen (secondary N) is 1. The molecule has 2 atom stereocenters. The summed E-state index contributed by atoms with van der Waals surface area (Å²) in [6, 6.07) is 8.02. The van der Waals surface area contributed by atoms with Gasteiger partial charge in [0.15, 0.2) is 18.1 Å². The molecule has 2 amide bonds. The molecule has 0 radical (unpaired) electrons. The number of alkyl halides is 3. The molecule has 2 N–H and O–H groups in total. The number of rotatable bonds is 7. The van der Waals surface area contributed by atoms with Gasteiger partial charge in [0, 0.05) is 0 Å². The van der Waals surface area contributed by atoms with Crippen LogP contribution in [-0.4, -0.2) is 59.1 Å². The highest BCUT2D eigenvalue weighted by atomic mass is 32.2. The van der Waals surface area contributed by atoms with Crippen LogP contribution < -0.4 is 10.1 Å². The average Bonchev–Trinajstić information content (AvgIpc) is 2.67. The fourth-order valence-electron chi connectivity index (χ4n) is 2.64. The van der Waals surface area contributed by atoms with E-state index in [9.17, 15) is 41.1 Å². The van der Waals surface area contributed by atoms with Crippen LogP contribution in [0.15, 0.2) is 41.8 Å². The Labute approximate surface area is 177 Å². The molecular formula is C16H13F3N2O8S2. The van der Waals surface area contributed by atoms with E-state index in [2.05, 4.69) is 9.50 Å². The van der Waals surface area contributed by atoms with Gasteiger partial charge in [-0.25, -0.2) is 4.79 Å². The van der Waals surface area contributed by atoms with Crippen molar-refractivity contribution < 1.29 is 50.0 Å². The van der Waals surface area contributed by atoms with E-state index in [1.807, 2.05) is 0 Å². The van der Waals surface area contributed by atoms with Crippen molar-refractivity contribution in [2.45, 2.75) is 22.7 Å². The molecule has 2 aliphatic heterocycles. The molecule has 2 aliphatic rings. The van der Waals surface area contributed by atoms with Gasteiger partial charge in [-0.2, -0.15) is 21.6 Å². The minimum Gasteiger partial charge on any atom is -0.484 e. The molecule has 0 aliphatic carbocycles. The van der Waals surface area contributed by atoms with Gasteiger partial charge < -0.3 is 19.3 Å². The zero-order chi connectivity index (χ0) is 23.0. The van der Waals surface area contributed by atoms with Crippen molar-refractivity contribution >= 4 is 39.7 Å². The zero-order valence-electron chi connectivity index (χ0n) is 15.2. The Morgan fingerprint density at radius 2 is 1.90 bits per heavy atom. The van der Waals surface area contributed by atoms with Gasteiger partial charge in [0.05, 0.1) is 11.8 Å². The third-order valence-electron chi connectivity index (χ3n) is 4.00. The maximum Gasteiger partial charge on any atom is 0.534 e. The van der Waals surface area contributed by atoms with Gasteiger partial charge >= 0.3 is 21.6 Å². The van der Waals surface area contributed by atoms with Crippen molar-refractivity contribution in [1.82, 2.24) is 10.2 Å². The van der Waals surface area contributed by atoms with E-state index in [0.29, 0.717) is 22.4 Å². The molecule has 1 fully saturated rings. The number of aliphatic carboxylic acids is 1. The van der Waals surface area contributed by atoms with E-state index in [0.717, 1.165) is 0 Å². The molecule has 0 bridgehead atoms. The zero-order valence-corrected chi connectivity index (χ0v) is 16.8. The number of β-lactam (4-membered cyclic amide) rings is 1. The third-order valence-corrected chi connectivity index (χ3v) is 6.26. The van der Waals surface area contributed by atoms with Crippen molar-refractivity contribution in [2.24, 2.45) is 0 Å². The second-order valence-corrected chi connectivity index (χ2v) is 8.93. The quantitative estimate of drug-likeness (QED) is 0.331. The van der Waals surface area contributed by atoms with Gasteiger partial charge in [0.2, 0.25) is 5.91 Å². The predicted molar refractivity (Wildman–Crippen MR) is 97.4 cm³/mol. The van der Waals surface area contributed by atoms with Crippen LogP contribution in [0, 0.1) is 0 Å². The Hall–Kier alpha value is -2.94. The third kappa shape index (κ3) is 4.71. The Morgan fingerprint density at radius 1 is 1.26 bits per heavy atom. The smallest absolute Gasteiger partial charge is 0.484 e. The summed E-state index contributed by atoms with van der Waals surface area (Å²) in [7, 11) is -6.28. The minimum absolute atomic E-state index is 0.159. The van der Waals surface area contributed by atoms with E-state index in [4.69, 9.17) is 4.74 Å². The molecule has 1 aromatic rings. The Balaban J connectivity index is 1.88. The number of fused-ring (bicyclic) bond motifs is 1. The SMILES string of the molecule is O=C(COc1ccccc1)NC1S[C@@H]2CC(=O)N2C(C(=O)O)=C1OS(=O)(=O)C(F)(F)F. The second kappa shape index (κ2) is 8.30. The van der Waals surface area contributed by atoms with Crippen molar-refractivity contribution in [3.8, 4) is 5.75 Å². The average molecular weight is 482 g/mol. The number of amides is 2. The number of hydrogen-bond donors (Lipinski definition) is 2. The van der Waals surface area contributed by atoms with Crippen LogP contribution in [0.5, 0.6) is 5.75 Å². The lowest BCUT2D eigenvalue weighted by Crippen LogP contribution is -2.58. The Kier molecular flexibility index (Phi) is 6.09. The van der Waals surface area contributed by atoms with Crippen molar-refractivity contribution in [2.75, 3.05) is 6.61 Å². The fraction of sp³-hybridized carbons (Fsp3) is 0.312. The van der Waals surface area contributed by atoms with Gasteiger partial charge in [-0.3, -0.25) is 14.5 Å². The fourth-order valence-corrected chi connectivity index (χ4v) is 4.58. The summed E-state index contributed by atoms with van der Waals surface area (Å²) in [5.41, 5.74) is -6.96. The van der Waals surface area contributed by atoms with Crippen molar-refractivity contribution in [3.63, 3.8) is 0 Å². The van der Waals surface area contributed by atoms with E-state index in [1.54, 1.807) is 18.2 Å². The summed E-state index contributed by atoms with van der Waals surface area (Å²) >= 11 is 0.655. The van der Waals surface area contributed by atoms with Crippen LogP contribution in [0.25, 0.3) is 0 Å². The van der Waals surface area contributed by atoms with Crippen molar-refractivity contribution in [3.05, 3.63) is 41.8 Å².